The van der Waals surface area contributed by atoms with E-state index in [-0.39, 0.29) is 18.5 Å². The second-order valence-corrected chi connectivity index (χ2v) is 4.92. The van der Waals surface area contributed by atoms with E-state index in [1.54, 1.807) is 12.4 Å². The fraction of sp³-hybridized carbons (Fsp3) is 0.214. The molecule has 0 bridgehead atoms. The lowest BCUT2D eigenvalue weighted by Gasteiger charge is -2.24. The van der Waals surface area contributed by atoms with Crippen molar-refractivity contribution in [2.45, 2.75) is 12.8 Å². The van der Waals surface area contributed by atoms with E-state index in [4.69, 9.17) is 4.74 Å². The first-order valence-electron chi connectivity index (χ1n) is 6.37. The quantitative estimate of drug-likeness (QED) is 0.766. The maximum atomic E-state index is 12.1. The Labute approximate surface area is 114 Å². The minimum atomic E-state index is -0.263. The number of anilines is 1. The average molecular weight is 268 g/mol. The summed E-state index contributed by atoms with van der Waals surface area (Å²) in [6, 6.07) is 3.84. The first-order chi connectivity index (χ1) is 9.75. The molecule has 0 saturated carbocycles. The molecule has 6 heteroatoms. The second kappa shape index (κ2) is 3.93. The van der Waals surface area contributed by atoms with Crippen molar-refractivity contribution in [3.05, 3.63) is 52.6 Å². The topological polar surface area (TPSA) is 79.9 Å². The molecular formula is C14H12N4O2. The van der Waals surface area contributed by atoms with E-state index in [1.165, 1.54) is 0 Å². The predicted molar refractivity (Wildman–Crippen MR) is 71.0 cm³/mol. The first-order valence-corrected chi connectivity index (χ1v) is 6.37. The third-order valence-corrected chi connectivity index (χ3v) is 3.77. The summed E-state index contributed by atoms with van der Waals surface area (Å²) < 4.78 is 5.16. The number of pyridine rings is 1. The zero-order chi connectivity index (χ0) is 13.7. The van der Waals surface area contributed by atoms with Gasteiger partial charge >= 0.3 is 5.97 Å². The highest BCUT2D eigenvalue weighted by Crippen LogP contribution is 2.44. The highest BCUT2D eigenvalue weighted by molar-refractivity contribution is 5.97. The van der Waals surface area contributed by atoms with Crippen LogP contribution >= 0.6 is 0 Å². The van der Waals surface area contributed by atoms with Crippen LogP contribution < -0.4 is 5.32 Å². The number of fused-ring (bicyclic) bond motifs is 1. The monoisotopic (exact) mass is 268 g/mol. The number of hydrogen-bond acceptors (Lipinski definition) is 5. The second-order valence-electron chi connectivity index (χ2n) is 4.92. The molecule has 0 spiro atoms. The van der Waals surface area contributed by atoms with Crippen LogP contribution in [-0.2, 0) is 9.53 Å². The van der Waals surface area contributed by atoms with E-state index >= 15 is 0 Å². The van der Waals surface area contributed by atoms with Crippen molar-refractivity contribution in [2.75, 3.05) is 11.9 Å². The van der Waals surface area contributed by atoms with Crippen LogP contribution in [0.5, 0.6) is 0 Å². The number of carbonyl (C=O) groups is 1. The standard InChI is InChI=1S/C14H12N4O2/c1-7-10-11(8-2-4-15-5-3-8)12-9(6-20-14(12)19)16-13(10)18-17-7/h2-5,11H,6H2,1H3,(H2,16,17,18)/t11-/m0/s1. The number of carbonyl (C=O) groups excluding carboxylic acids is 1. The van der Waals surface area contributed by atoms with Gasteiger partial charge in [-0.05, 0) is 24.6 Å². The molecule has 0 aliphatic carbocycles. The number of aromatic nitrogens is 3. The molecular weight excluding hydrogens is 256 g/mol. The fourth-order valence-corrected chi connectivity index (χ4v) is 2.87. The van der Waals surface area contributed by atoms with Gasteiger partial charge in [0.25, 0.3) is 0 Å². The lowest BCUT2D eigenvalue weighted by atomic mass is 9.82. The minimum Gasteiger partial charge on any atom is -0.456 e. The van der Waals surface area contributed by atoms with Gasteiger partial charge in [0.1, 0.15) is 6.61 Å². The van der Waals surface area contributed by atoms with Crippen LogP contribution in [0.15, 0.2) is 35.8 Å². The number of H-pyrrole nitrogens is 1. The lowest BCUT2D eigenvalue weighted by Crippen LogP contribution is -2.19. The molecule has 4 heterocycles. The number of cyclic esters (lactones) is 1. The molecule has 2 aliphatic heterocycles. The number of nitrogens with one attached hydrogen (secondary N) is 2. The number of ether oxygens (including phenoxy) is 1. The molecule has 2 aromatic heterocycles. The van der Waals surface area contributed by atoms with Crippen LogP contribution in [0.2, 0.25) is 0 Å². The summed E-state index contributed by atoms with van der Waals surface area (Å²) in [4.78, 5) is 16.1. The predicted octanol–water partition coefficient (Wildman–Crippen LogP) is 1.48. The van der Waals surface area contributed by atoms with Gasteiger partial charge in [0, 0.05) is 29.6 Å². The molecule has 2 N–H and O–H groups in total. The number of aryl methyl sites for hydroxylation is 1. The number of hydrogen-bond donors (Lipinski definition) is 2. The van der Waals surface area contributed by atoms with Gasteiger partial charge in [-0.25, -0.2) is 4.79 Å². The maximum absolute atomic E-state index is 12.1. The normalized spacial score (nSPS) is 20.2. The van der Waals surface area contributed by atoms with Gasteiger partial charge in [-0.3, -0.25) is 10.1 Å². The lowest BCUT2D eigenvalue weighted by molar-refractivity contribution is -0.136. The van der Waals surface area contributed by atoms with E-state index in [2.05, 4.69) is 20.5 Å². The van der Waals surface area contributed by atoms with Crippen molar-refractivity contribution in [3.63, 3.8) is 0 Å². The van der Waals surface area contributed by atoms with Crippen molar-refractivity contribution >= 4 is 11.8 Å². The number of nitrogens with zero attached hydrogens (tertiary/aromatic N) is 2. The van der Waals surface area contributed by atoms with Crippen LogP contribution in [0.3, 0.4) is 0 Å². The van der Waals surface area contributed by atoms with Crippen molar-refractivity contribution in [1.29, 1.82) is 0 Å². The first kappa shape index (κ1) is 11.2. The zero-order valence-electron chi connectivity index (χ0n) is 10.8. The third-order valence-electron chi connectivity index (χ3n) is 3.77. The molecule has 20 heavy (non-hydrogen) atoms. The smallest absolute Gasteiger partial charge is 0.337 e. The number of esters is 1. The van der Waals surface area contributed by atoms with Gasteiger partial charge in [-0.1, -0.05) is 0 Å². The summed E-state index contributed by atoms with van der Waals surface area (Å²) in [6.45, 7) is 2.23. The maximum Gasteiger partial charge on any atom is 0.337 e. The Balaban J connectivity index is 1.96. The molecule has 2 aliphatic rings. The summed E-state index contributed by atoms with van der Waals surface area (Å²) in [5.41, 5.74) is 4.43. The van der Waals surface area contributed by atoms with Gasteiger partial charge in [-0.15, -0.1) is 0 Å². The van der Waals surface area contributed by atoms with Gasteiger partial charge in [0.2, 0.25) is 0 Å². The van der Waals surface area contributed by atoms with Crippen LogP contribution in [0, 0.1) is 6.92 Å². The zero-order valence-corrected chi connectivity index (χ0v) is 10.8. The fourth-order valence-electron chi connectivity index (χ4n) is 2.87. The van der Waals surface area contributed by atoms with Gasteiger partial charge in [0.05, 0.1) is 11.3 Å². The molecule has 0 aromatic carbocycles. The molecule has 0 amide bonds. The molecule has 0 radical (unpaired) electrons. The number of aromatic amines is 1. The minimum absolute atomic E-state index is 0.155. The highest BCUT2D eigenvalue weighted by atomic mass is 16.5. The Kier molecular flexibility index (Phi) is 2.20. The molecule has 0 saturated heterocycles. The molecule has 1 atom stereocenters. The Bertz CT molecular complexity index is 733. The van der Waals surface area contributed by atoms with Crippen molar-refractivity contribution in [3.8, 4) is 0 Å². The van der Waals surface area contributed by atoms with Crippen molar-refractivity contribution in [2.24, 2.45) is 0 Å². The van der Waals surface area contributed by atoms with E-state index < -0.39 is 0 Å². The van der Waals surface area contributed by atoms with Crippen LogP contribution in [-0.4, -0.2) is 27.8 Å². The van der Waals surface area contributed by atoms with E-state index in [0.717, 1.165) is 28.3 Å². The van der Waals surface area contributed by atoms with Crippen molar-refractivity contribution in [1.82, 2.24) is 15.2 Å². The Morgan fingerprint density at radius 2 is 2.15 bits per heavy atom. The summed E-state index contributed by atoms with van der Waals surface area (Å²) >= 11 is 0. The Morgan fingerprint density at radius 3 is 2.95 bits per heavy atom. The average Bonchev–Trinajstić information content (AvgIpc) is 3.03. The van der Waals surface area contributed by atoms with Gasteiger partial charge < -0.3 is 10.1 Å². The molecule has 0 fully saturated rings. The molecule has 6 nitrogen and oxygen atoms in total. The third kappa shape index (κ3) is 1.41. The number of rotatable bonds is 1. The van der Waals surface area contributed by atoms with E-state index in [0.29, 0.717) is 5.57 Å². The van der Waals surface area contributed by atoms with E-state index in [1.807, 2.05) is 19.1 Å². The summed E-state index contributed by atoms with van der Waals surface area (Å²) in [7, 11) is 0. The summed E-state index contributed by atoms with van der Waals surface area (Å²) in [5.74, 6) is 0.347. The largest absolute Gasteiger partial charge is 0.456 e. The molecule has 2 aromatic rings. The van der Waals surface area contributed by atoms with Gasteiger partial charge in [0.15, 0.2) is 5.82 Å². The van der Waals surface area contributed by atoms with E-state index in [9.17, 15) is 4.79 Å². The van der Waals surface area contributed by atoms with Crippen LogP contribution in [0.4, 0.5) is 5.82 Å². The van der Waals surface area contributed by atoms with Gasteiger partial charge in [-0.2, -0.15) is 5.10 Å². The van der Waals surface area contributed by atoms with Crippen LogP contribution in [0.1, 0.15) is 22.7 Å². The molecule has 100 valence electrons. The molecule has 4 rings (SSSR count). The Morgan fingerprint density at radius 1 is 1.35 bits per heavy atom. The van der Waals surface area contributed by atoms with Crippen LogP contribution in [0.25, 0.3) is 0 Å². The summed E-state index contributed by atoms with van der Waals surface area (Å²) in [6.07, 6.45) is 3.46. The molecule has 0 unspecified atom stereocenters. The Hall–Kier alpha value is -2.63. The SMILES string of the molecule is Cc1[nH]nc2c1[C@H](c1ccncc1)C1=C(COC1=O)N2. The highest BCUT2D eigenvalue weighted by Gasteiger charge is 2.40. The van der Waals surface area contributed by atoms with Crippen molar-refractivity contribution < 1.29 is 9.53 Å². The summed E-state index contributed by atoms with van der Waals surface area (Å²) in [5, 5.41) is 10.4.